The van der Waals surface area contributed by atoms with E-state index in [2.05, 4.69) is 5.32 Å². The molecule has 4 rings (SSSR count). The molecule has 0 radical (unpaired) electrons. The van der Waals surface area contributed by atoms with Crippen LogP contribution in [0.4, 0.5) is 4.39 Å². The van der Waals surface area contributed by atoms with E-state index in [9.17, 15) is 17.6 Å². The molecule has 1 saturated carbocycles. The minimum atomic E-state index is -3.88. The van der Waals surface area contributed by atoms with E-state index < -0.39 is 15.8 Å². The third-order valence-corrected chi connectivity index (χ3v) is 7.50. The SMILES string of the molecule is COc1ccc(F)cc1S(=O)(=O)N1CC2CC1CC2NC(=O)c1ccccc1. The summed E-state index contributed by atoms with van der Waals surface area (Å²) in [6.07, 6.45) is 1.22. The molecular formula is C20H21FN2O4S. The predicted molar refractivity (Wildman–Crippen MR) is 101 cm³/mol. The van der Waals surface area contributed by atoms with E-state index in [0.29, 0.717) is 24.9 Å². The molecule has 2 aromatic carbocycles. The van der Waals surface area contributed by atoms with Gasteiger partial charge < -0.3 is 10.1 Å². The van der Waals surface area contributed by atoms with Crippen LogP contribution in [0.3, 0.4) is 0 Å². The summed E-state index contributed by atoms with van der Waals surface area (Å²) in [4.78, 5) is 12.2. The number of piperidine rings is 1. The summed E-state index contributed by atoms with van der Waals surface area (Å²) in [5, 5.41) is 3.02. The van der Waals surface area contributed by atoms with Crippen LogP contribution >= 0.6 is 0 Å². The highest BCUT2D eigenvalue weighted by molar-refractivity contribution is 7.89. The number of nitrogens with zero attached hydrogens (tertiary/aromatic N) is 1. The van der Waals surface area contributed by atoms with Crippen LogP contribution in [0.25, 0.3) is 0 Å². The number of nitrogens with one attached hydrogen (secondary N) is 1. The molecule has 6 nitrogen and oxygen atoms in total. The molecule has 1 aliphatic heterocycles. The lowest BCUT2D eigenvalue weighted by Gasteiger charge is -2.31. The van der Waals surface area contributed by atoms with Gasteiger partial charge in [0.2, 0.25) is 10.0 Å². The number of benzene rings is 2. The Morgan fingerprint density at radius 2 is 1.93 bits per heavy atom. The number of carbonyl (C=O) groups is 1. The van der Waals surface area contributed by atoms with Gasteiger partial charge in [0.1, 0.15) is 16.5 Å². The summed E-state index contributed by atoms with van der Waals surface area (Å²) in [6, 6.07) is 12.1. The molecule has 1 heterocycles. The van der Waals surface area contributed by atoms with Crippen molar-refractivity contribution in [3.8, 4) is 5.75 Å². The summed E-state index contributed by atoms with van der Waals surface area (Å²) in [5.41, 5.74) is 0.583. The van der Waals surface area contributed by atoms with E-state index in [1.54, 1.807) is 24.3 Å². The van der Waals surface area contributed by atoms with Crippen molar-refractivity contribution in [2.45, 2.75) is 29.8 Å². The topological polar surface area (TPSA) is 75.7 Å². The summed E-state index contributed by atoms with van der Waals surface area (Å²) in [7, 11) is -2.52. The van der Waals surface area contributed by atoms with Gasteiger partial charge in [0.25, 0.3) is 5.91 Å². The fraction of sp³-hybridized carbons (Fsp3) is 0.350. The first-order chi connectivity index (χ1) is 13.4. The van der Waals surface area contributed by atoms with Crippen LogP contribution in [0.15, 0.2) is 53.4 Å². The zero-order valence-corrected chi connectivity index (χ0v) is 16.2. The smallest absolute Gasteiger partial charge is 0.251 e. The lowest BCUT2D eigenvalue weighted by atomic mass is 10.0. The van der Waals surface area contributed by atoms with Gasteiger partial charge in [-0.05, 0) is 49.1 Å². The number of rotatable bonds is 5. The highest BCUT2D eigenvalue weighted by Crippen LogP contribution is 2.42. The van der Waals surface area contributed by atoms with Gasteiger partial charge in [-0.3, -0.25) is 4.79 Å². The molecular weight excluding hydrogens is 383 g/mol. The van der Waals surface area contributed by atoms with Crippen LogP contribution in [0, 0.1) is 11.7 Å². The minimum absolute atomic E-state index is 0.0343. The third-order valence-electron chi connectivity index (χ3n) is 5.56. The molecule has 2 bridgehead atoms. The molecule has 3 unspecified atom stereocenters. The molecule has 3 atom stereocenters. The van der Waals surface area contributed by atoms with E-state index in [-0.39, 0.29) is 34.6 Å². The number of ether oxygens (including phenoxy) is 1. The Kier molecular flexibility index (Phi) is 4.84. The second-order valence-corrected chi connectivity index (χ2v) is 9.06. The van der Waals surface area contributed by atoms with Crippen molar-refractivity contribution in [1.29, 1.82) is 0 Å². The van der Waals surface area contributed by atoms with Gasteiger partial charge in [-0.15, -0.1) is 0 Å². The van der Waals surface area contributed by atoms with Gasteiger partial charge in [0, 0.05) is 24.2 Å². The average Bonchev–Trinajstić information content (AvgIpc) is 3.29. The molecule has 0 aromatic heterocycles. The Morgan fingerprint density at radius 3 is 2.57 bits per heavy atom. The molecule has 2 fully saturated rings. The number of sulfonamides is 1. The van der Waals surface area contributed by atoms with Gasteiger partial charge in [0.05, 0.1) is 7.11 Å². The van der Waals surface area contributed by atoms with E-state index in [1.165, 1.54) is 23.5 Å². The van der Waals surface area contributed by atoms with Gasteiger partial charge in [-0.2, -0.15) is 4.31 Å². The maximum absolute atomic E-state index is 13.7. The van der Waals surface area contributed by atoms with Crippen LogP contribution in [0.1, 0.15) is 23.2 Å². The van der Waals surface area contributed by atoms with Gasteiger partial charge in [-0.25, -0.2) is 12.8 Å². The highest BCUT2D eigenvalue weighted by Gasteiger charge is 2.50. The van der Waals surface area contributed by atoms with Crippen LogP contribution in [-0.2, 0) is 10.0 Å². The average molecular weight is 404 g/mol. The van der Waals surface area contributed by atoms with Crippen molar-refractivity contribution < 1.29 is 22.3 Å². The molecule has 148 valence electrons. The first kappa shape index (κ1) is 18.9. The Labute approximate surface area is 163 Å². The van der Waals surface area contributed by atoms with Crippen molar-refractivity contribution in [2.24, 2.45) is 5.92 Å². The van der Waals surface area contributed by atoms with Crippen LogP contribution in [-0.4, -0.2) is 44.4 Å². The monoisotopic (exact) mass is 404 g/mol. The number of hydrogen-bond donors (Lipinski definition) is 1. The van der Waals surface area contributed by atoms with E-state index >= 15 is 0 Å². The summed E-state index contributed by atoms with van der Waals surface area (Å²) in [6.45, 7) is 0.298. The molecule has 8 heteroatoms. The molecule has 1 saturated heterocycles. The number of fused-ring (bicyclic) bond motifs is 2. The second-order valence-electron chi connectivity index (χ2n) is 7.20. The predicted octanol–water partition coefficient (Wildman–Crippen LogP) is 2.42. The number of carbonyl (C=O) groups excluding carboxylic acids is 1. The van der Waals surface area contributed by atoms with Gasteiger partial charge in [0.15, 0.2) is 0 Å². The minimum Gasteiger partial charge on any atom is -0.495 e. The largest absolute Gasteiger partial charge is 0.495 e. The van der Waals surface area contributed by atoms with Crippen LogP contribution < -0.4 is 10.1 Å². The molecule has 2 aliphatic rings. The standard InChI is InChI=1S/C20H21FN2O4S/c1-27-18-8-7-15(21)10-19(18)28(25,26)23-12-14-9-16(23)11-17(14)22-20(24)13-5-3-2-4-6-13/h2-8,10,14,16-17H,9,11-12H2,1H3,(H,22,24). The number of methoxy groups -OCH3 is 1. The second kappa shape index (κ2) is 7.18. The highest BCUT2D eigenvalue weighted by atomic mass is 32.2. The summed E-state index contributed by atoms with van der Waals surface area (Å²) >= 11 is 0. The number of halogens is 1. The van der Waals surface area contributed by atoms with E-state index in [0.717, 1.165) is 6.07 Å². The Bertz CT molecular complexity index is 997. The number of hydrogen-bond acceptors (Lipinski definition) is 4. The molecule has 0 spiro atoms. The maximum atomic E-state index is 13.7. The van der Waals surface area contributed by atoms with E-state index in [1.807, 2.05) is 6.07 Å². The first-order valence-electron chi connectivity index (χ1n) is 9.11. The van der Waals surface area contributed by atoms with Crippen molar-refractivity contribution in [2.75, 3.05) is 13.7 Å². The lowest BCUT2D eigenvalue weighted by Crippen LogP contribution is -2.47. The zero-order chi connectivity index (χ0) is 19.9. The zero-order valence-electron chi connectivity index (χ0n) is 15.3. The van der Waals surface area contributed by atoms with Crippen LogP contribution in [0.5, 0.6) is 5.75 Å². The third kappa shape index (κ3) is 3.27. The Balaban J connectivity index is 1.50. The normalized spacial score (nSPS) is 24.3. The molecule has 1 N–H and O–H groups in total. The first-order valence-corrected chi connectivity index (χ1v) is 10.6. The number of amides is 1. The fourth-order valence-electron chi connectivity index (χ4n) is 4.20. The Hall–Kier alpha value is -2.45. The van der Waals surface area contributed by atoms with Crippen molar-refractivity contribution in [3.63, 3.8) is 0 Å². The Morgan fingerprint density at radius 1 is 1.18 bits per heavy atom. The van der Waals surface area contributed by atoms with Crippen molar-refractivity contribution in [3.05, 3.63) is 59.9 Å². The van der Waals surface area contributed by atoms with Gasteiger partial charge in [-0.1, -0.05) is 18.2 Å². The van der Waals surface area contributed by atoms with Crippen LogP contribution in [0.2, 0.25) is 0 Å². The fourth-order valence-corrected chi connectivity index (χ4v) is 6.08. The van der Waals surface area contributed by atoms with Crippen molar-refractivity contribution in [1.82, 2.24) is 9.62 Å². The molecule has 1 amide bonds. The molecule has 28 heavy (non-hydrogen) atoms. The summed E-state index contributed by atoms with van der Waals surface area (Å²) < 4.78 is 46.4. The molecule has 1 aliphatic carbocycles. The maximum Gasteiger partial charge on any atom is 0.251 e. The van der Waals surface area contributed by atoms with E-state index in [4.69, 9.17) is 4.74 Å². The lowest BCUT2D eigenvalue weighted by molar-refractivity contribution is 0.0919. The molecule has 2 aromatic rings. The quantitative estimate of drug-likeness (QED) is 0.831. The summed E-state index contributed by atoms with van der Waals surface area (Å²) in [5.74, 6) is -0.624. The van der Waals surface area contributed by atoms with Crippen molar-refractivity contribution >= 4 is 15.9 Å². The van der Waals surface area contributed by atoms with Gasteiger partial charge >= 0.3 is 0 Å².